The van der Waals surface area contributed by atoms with Gasteiger partial charge in [-0.1, -0.05) is 6.07 Å². The summed E-state index contributed by atoms with van der Waals surface area (Å²) >= 11 is 0. The molecular weight excluding hydrogens is 366 g/mol. The number of aryl methyl sites for hydroxylation is 1. The maximum absolute atomic E-state index is 6.09. The highest BCUT2D eigenvalue weighted by atomic mass is 16.4. The van der Waals surface area contributed by atoms with Gasteiger partial charge in [-0.15, -0.1) is 10.2 Å². The van der Waals surface area contributed by atoms with Gasteiger partial charge in [0.1, 0.15) is 5.65 Å². The van der Waals surface area contributed by atoms with Crippen LogP contribution in [0.3, 0.4) is 0 Å². The van der Waals surface area contributed by atoms with Crippen molar-refractivity contribution < 1.29 is 4.42 Å². The molecule has 0 amide bonds. The normalized spacial score (nSPS) is 12.0. The van der Waals surface area contributed by atoms with Crippen LogP contribution in [0.2, 0.25) is 0 Å². The number of fused-ring (bicyclic) bond motifs is 1. The van der Waals surface area contributed by atoms with Crippen LogP contribution in [0.15, 0.2) is 59.8 Å². The Labute approximate surface area is 166 Å². The highest BCUT2D eigenvalue weighted by Gasteiger charge is 2.30. The van der Waals surface area contributed by atoms with Gasteiger partial charge in [0.25, 0.3) is 0 Å². The van der Waals surface area contributed by atoms with Gasteiger partial charge in [-0.05, 0) is 31.5 Å². The SMILES string of the molecule is Cn1cc(-c2cnc3[nH]cc(-c4nnc(C(C)(C)c5cccnc5)o4)c3c2)cn1. The number of nitrogens with zero attached hydrogens (tertiary/aromatic N) is 6. The number of hydrogen-bond donors (Lipinski definition) is 1. The van der Waals surface area contributed by atoms with Gasteiger partial charge in [0.05, 0.1) is 17.2 Å². The smallest absolute Gasteiger partial charge is 0.249 e. The van der Waals surface area contributed by atoms with Crippen molar-refractivity contribution in [2.24, 2.45) is 7.05 Å². The van der Waals surface area contributed by atoms with Crippen LogP contribution in [-0.2, 0) is 12.5 Å². The Morgan fingerprint density at radius 1 is 1.10 bits per heavy atom. The molecule has 0 aliphatic heterocycles. The number of aromatic amines is 1. The number of hydrogen-bond acceptors (Lipinski definition) is 6. The second kappa shape index (κ2) is 6.37. The summed E-state index contributed by atoms with van der Waals surface area (Å²) in [5.74, 6) is 0.986. The molecule has 0 aliphatic rings. The summed E-state index contributed by atoms with van der Waals surface area (Å²) in [6.45, 7) is 4.08. The number of nitrogens with one attached hydrogen (secondary N) is 1. The summed E-state index contributed by atoms with van der Waals surface area (Å²) in [5, 5.41) is 13.8. The van der Waals surface area contributed by atoms with Crippen LogP contribution in [0.4, 0.5) is 0 Å². The average molecular weight is 385 g/mol. The molecule has 144 valence electrons. The van der Waals surface area contributed by atoms with Gasteiger partial charge in [-0.2, -0.15) is 5.10 Å². The summed E-state index contributed by atoms with van der Waals surface area (Å²) in [6, 6.07) is 5.97. The van der Waals surface area contributed by atoms with E-state index in [9.17, 15) is 0 Å². The zero-order valence-corrected chi connectivity index (χ0v) is 16.3. The van der Waals surface area contributed by atoms with Crippen molar-refractivity contribution in [2.75, 3.05) is 0 Å². The van der Waals surface area contributed by atoms with E-state index in [1.54, 1.807) is 10.9 Å². The quantitative estimate of drug-likeness (QED) is 0.506. The lowest BCUT2D eigenvalue weighted by molar-refractivity contribution is 0.419. The van der Waals surface area contributed by atoms with E-state index >= 15 is 0 Å². The van der Waals surface area contributed by atoms with Gasteiger partial charge in [0, 0.05) is 54.5 Å². The highest BCUT2D eigenvalue weighted by molar-refractivity contribution is 5.93. The van der Waals surface area contributed by atoms with E-state index in [2.05, 4.69) is 36.3 Å². The largest absolute Gasteiger partial charge is 0.420 e. The summed E-state index contributed by atoms with van der Waals surface area (Å²) in [5.41, 5.74) is 4.11. The van der Waals surface area contributed by atoms with Crippen molar-refractivity contribution in [3.8, 4) is 22.6 Å². The van der Waals surface area contributed by atoms with Gasteiger partial charge in [0.2, 0.25) is 11.8 Å². The highest BCUT2D eigenvalue weighted by Crippen LogP contribution is 2.34. The van der Waals surface area contributed by atoms with Gasteiger partial charge in [-0.25, -0.2) is 4.98 Å². The van der Waals surface area contributed by atoms with E-state index in [1.165, 1.54) is 0 Å². The molecule has 8 nitrogen and oxygen atoms in total. The lowest BCUT2D eigenvalue weighted by atomic mass is 9.86. The van der Waals surface area contributed by atoms with E-state index in [4.69, 9.17) is 4.42 Å². The van der Waals surface area contributed by atoms with Crippen LogP contribution < -0.4 is 0 Å². The Kier molecular flexibility index (Phi) is 3.80. The maximum Gasteiger partial charge on any atom is 0.249 e. The topological polar surface area (TPSA) is 98.3 Å². The Balaban J connectivity index is 1.57. The van der Waals surface area contributed by atoms with Crippen molar-refractivity contribution in [1.29, 1.82) is 0 Å². The first-order chi connectivity index (χ1) is 14.0. The molecule has 5 aromatic heterocycles. The number of aromatic nitrogens is 7. The third kappa shape index (κ3) is 2.89. The molecular formula is C21H19N7O. The summed E-state index contributed by atoms with van der Waals surface area (Å²) in [6.07, 6.45) is 11.0. The Bertz CT molecular complexity index is 1300. The van der Waals surface area contributed by atoms with Crippen LogP contribution in [0.25, 0.3) is 33.6 Å². The molecule has 5 aromatic rings. The molecule has 0 atom stereocenters. The molecule has 29 heavy (non-hydrogen) atoms. The molecule has 0 saturated heterocycles. The molecule has 0 bridgehead atoms. The molecule has 0 aliphatic carbocycles. The average Bonchev–Trinajstić information content (AvgIpc) is 3.47. The molecule has 8 heteroatoms. The van der Waals surface area contributed by atoms with E-state index in [0.717, 1.165) is 33.3 Å². The van der Waals surface area contributed by atoms with Gasteiger partial charge in [0.15, 0.2) is 0 Å². The molecule has 0 spiro atoms. The van der Waals surface area contributed by atoms with Crippen molar-refractivity contribution in [3.05, 3.63) is 66.8 Å². The summed E-state index contributed by atoms with van der Waals surface area (Å²) in [7, 11) is 1.89. The fourth-order valence-electron chi connectivity index (χ4n) is 3.35. The first-order valence-corrected chi connectivity index (χ1v) is 9.23. The second-order valence-electron chi connectivity index (χ2n) is 7.50. The number of H-pyrrole nitrogens is 1. The van der Waals surface area contributed by atoms with Crippen LogP contribution >= 0.6 is 0 Å². The Morgan fingerprint density at radius 3 is 2.76 bits per heavy atom. The summed E-state index contributed by atoms with van der Waals surface area (Å²) < 4.78 is 7.86. The first-order valence-electron chi connectivity index (χ1n) is 9.23. The van der Waals surface area contributed by atoms with Crippen LogP contribution in [0, 0.1) is 0 Å². The van der Waals surface area contributed by atoms with Crippen molar-refractivity contribution in [2.45, 2.75) is 19.3 Å². The van der Waals surface area contributed by atoms with Crippen LogP contribution in [0.1, 0.15) is 25.3 Å². The standard InChI is InChI=1S/C21H19N7O/c1-21(2,15-5-4-6-22-10-15)20-27-26-19(29-20)17-11-24-18-16(17)7-13(8-23-18)14-9-25-28(3)12-14/h4-12H,1-3H3,(H,23,24). The van der Waals surface area contributed by atoms with Gasteiger partial charge < -0.3 is 9.40 Å². The van der Waals surface area contributed by atoms with Crippen molar-refractivity contribution in [1.82, 2.24) is 34.9 Å². The van der Waals surface area contributed by atoms with Crippen LogP contribution in [-0.4, -0.2) is 34.9 Å². The van der Waals surface area contributed by atoms with Gasteiger partial charge in [-0.3, -0.25) is 9.67 Å². The molecule has 0 saturated carbocycles. The van der Waals surface area contributed by atoms with E-state index < -0.39 is 5.41 Å². The predicted molar refractivity (Wildman–Crippen MR) is 108 cm³/mol. The number of pyridine rings is 2. The fourth-order valence-corrected chi connectivity index (χ4v) is 3.35. The lowest BCUT2D eigenvalue weighted by Crippen LogP contribution is -2.19. The minimum atomic E-state index is -0.454. The zero-order valence-electron chi connectivity index (χ0n) is 16.3. The van der Waals surface area contributed by atoms with E-state index in [1.807, 2.05) is 64.0 Å². The molecule has 0 radical (unpaired) electrons. The van der Waals surface area contributed by atoms with Crippen molar-refractivity contribution >= 4 is 11.0 Å². The second-order valence-corrected chi connectivity index (χ2v) is 7.50. The molecule has 5 rings (SSSR count). The monoisotopic (exact) mass is 385 g/mol. The third-order valence-corrected chi connectivity index (χ3v) is 5.14. The maximum atomic E-state index is 6.09. The molecule has 0 unspecified atom stereocenters. The fraction of sp³-hybridized carbons (Fsp3) is 0.190. The van der Waals surface area contributed by atoms with Crippen molar-refractivity contribution in [3.63, 3.8) is 0 Å². The van der Waals surface area contributed by atoms with Gasteiger partial charge >= 0.3 is 0 Å². The number of rotatable bonds is 4. The first kappa shape index (κ1) is 17.3. The van der Waals surface area contributed by atoms with E-state index in [0.29, 0.717) is 11.8 Å². The van der Waals surface area contributed by atoms with Crippen LogP contribution in [0.5, 0.6) is 0 Å². The minimum Gasteiger partial charge on any atom is -0.420 e. The molecule has 0 aromatic carbocycles. The predicted octanol–water partition coefficient (Wildman–Crippen LogP) is 3.73. The molecule has 5 heterocycles. The molecule has 0 fully saturated rings. The Hall–Kier alpha value is -3.81. The molecule has 1 N–H and O–H groups in total. The lowest BCUT2D eigenvalue weighted by Gasteiger charge is -2.19. The van der Waals surface area contributed by atoms with E-state index in [-0.39, 0.29) is 0 Å². The minimum absolute atomic E-state index is 0.452. The Morgan fingerprint density at radius 2 is 2.00 bits per heavy atom. The third-order valence-electron chi connectivity index (χ3n) is 5.14. The zero-order chi connectivity index (χ0) is 20.0. The summed E-state index contributed by atoms with van der Waals surface area (Å²) in [4.78, 5) is 11.9.